The van der Waals surface area contributed by atoms with Gasteiger partial charge >= 0.3 is 0 Å². The zero-order chi connectivity index (χ0) is 13.2. The van der Waals surface area contributed by atoms with E-state index in [1.807, 2.05) is 0 Å². The van der Waals surface area contributed by atoms with E-state index < -0.39 is 5.41 Å². The number of amides is 1. The van der Waals surface area contributed by atoms with Crippen LogP contribution in [-0.4, -0.2) is 12.5 Å². The summed E-state index contributed by atoms with van der Waals surface area (Å²) in [6.07, 6.45) is 3.78. The lowest BCUT2D eigenvalue weighted by atomic mass is 9.85. The molecular weight excluding hydrogens is 267 g/mol. The van der Waals surface area contributed by atoms with Crippen molar-refractivity contribution in [2.45, 2.75) is 32.6 Å². The van der Waals surface area contributed by atoms with Crippen LogP contribution in [0.2, 0.25) is 0 Å². The number of hydrogen-bond donors (Lipinski definition) is 2. The quantitative estimate of drug-likeness (QED) is 0.897. The Hall–Kier alpha value is -1.13. The molecule has 1 fully saturated rings. The maximum Gasteiger partial charge on any atom is 0.231 e. The minimum absolute atomic E-state index is 0. The van der Waals surface area contributed by atoms with Gasteiger partial charge in [-0.25, -0.2) is 4.39 Å². The van der Waals surface area contributed by atoms with Gasteiger partial charge in [0.2, 0.25) is 5.91 Å². The van der Waals surface area contributed by atoms with Crippen molar-refractivity contribution >= 4 is 24.0 Å². The van der Waals surface area contributed by atoms with E-state index in [4.69, 9.17) is 5.73 Å². The number of carbonyl (C=O) groups is 1. The first kappa shape index (κ1) is 15.9. The van der Waals surface area contributed by atoms with Gasteiger partial charge in [0.15, 0.2) is 0 Å². The Bertz CT molecular complexity index is 459. The Morgan fingerprint density at radius 2 is 2.05 bits per heavy atom. The van der Waals surface area contributed by atoms with E-state index in [1.54, 1.807) is 13.0 Å². The number of nitrogens with two attached hydrogens (primary N) is 1. The van der Waals surface area contributed by atoms with Crippen molar-refractivity contribution in [2.24, 2.45) is 11.1 Å². The second-order valence-electron chi connectivity index (χ2n) is 5.10. The Balaban J connectivity index is 0.00000180. The lowest BCUT2D eigenvalue weighted by Crippen LogP contribution is -2.40. The molecule has 1 amide bonds. The standard InChI is InChI=1S/C14H19FN2O.ClH/c1-10-8-11(15)4-5-12(10)17-13(18)14(9-16)6-2-3-7-14;/h4-5,8H,2-3,6-7,9,16H2,1H3,(H,17,18);1H. The Kier molecular flexibility index (Phi) is 5.32. The van der Waals surface area contributed by atoms with Crippen molar-refractivity contribution in [3.8, 4) is 0 Å². The molecule has 0 radical (unpaired) electrons. The summed E-state index contributed by atoms with van der Waals surface area (Å²) in [5.74, 6) is -0.322. The molecule has 3 N–H and O–H groups in total. The van der Waals surface area contributed by atoms with E-state index in [0.717, 1.165) is 31.2 Å². The average molecular weight is 287 g/mol. The summed E-state index contributed by atoms with van der Waals surface area (Å²) < 4.78 is 13.0. The van der Waals surface area contributed by atoms with Crippen LogP contribution in [0.15, 0.2) is 18.2 Å². The molecule has 1 aromatic rings. The minimum atomic E-state index is -0.430. The summed E-state index contributed by atoms with van der Waals surface area (Å²) in [7, 11) is 0. The number of nitrogens with one attached hydrogen (secondary N) is 1. The molecule has 0 atom stereocenters. The van der Waals surface area contributed by atoms with Crippen LogP contribution in [0.3, 0.4) is 0 Å². The van der Waals surface area contributed by atoms with Crippen molar-refractivity contribution in [1.29, 1.82) is 0 Å². The molecule has 1 aromatic carbocycles. The van der Waals surface area contributed by atoms with Gasteiger partial charge in [-0.1, -0.05) is 12.8 Å². The summed E-state index contributed by atoms with van der Waals surface area (Å²) in [5, 5.41) is 2.89. The smallest absolute Gasteiger partial charge is 0.231 e. The molecule has 1 aliphatic carbocycles. The fourth-order valence-electron chi connectivity index (χ4n) is 2.60. The Labute approximate surface area is 119 Å². The first-order valence-corrected chi connectivity index (χ1v) is 6.35. The normalized spacial score (nSPS) is 16.8. The van der Waals surface area contributed by atoms with Crippen LogP contribution in [0.4, 0.5) is 10.1 Å². The van der Waals surface area contributed by atoms with Gasteiger partial charge in [0, 0.05) is 12.2 Å². The maximum absolute atomic E-state index is 13.0. The zero-order valence-electron chi connectivity index (χ0n) is 11.0. The first-order chi connectivity index (χ1) is 8.57. The third-order valence-electron chi connectivity index (χ3n) is 3.87. The average Bonchev–Trinajstić information content (AvgIpc) is 2.82. The van der Waals surface area contributed by atoms with Gasteiger partial charge in [-0.15, -0.1) is 12.4 Å². The van der Waals surface area contributed by atoms with Gasteiger partial charge in [0.05, 0.1) is 5.41 Å². The molecule has 0 unspecified atom stereocenters. The van der Waals surface area contributed by atoms with Gasteiger partial charge in [-0.2, -0.15) is 0 Å². The molecule has 1 saturated carbocycles. The highest BCUT2D eigenvalue weighted by Crippen LogP contribution is 2.38. The molecule has 19 heavy (non-hydrogen) atoms. The van der Waals surface area contributed by atoms with E-state index in [-0.39, 0.29) is 24.1 Å². The molecular formula is C14H20ClFN2O. The number of halogens is 2. The fraction of sp³-hybridized carbons (Fsp3) is 0.500. The van der Waals surface area contributed by atoms with Crippen molar-refractivity contribution in [2.75, 3.05) is 11.9 Å². The molecule has 0 aliphatic heterocycles. The van der Waals surface area contributed by atoms with Crippen molar-refractivity contribution < 1.29 is 9.18 Å². The number of carbonyl (C=O) groups excluding carboxylic acids is 1. The maximum atomic E-state index is 13.0. The molecule has 106 valence electrons. The zero-order valence-corrected chi connectivity index (χ0v) is 11.9. The first-order valence-electron chi connectivity index (χ1n) is 6.35. The molecule has 0 spiro atoms. The lowest BCUT2D eigenvalue weighted by molar-refractivity contribution is -0.124. The van der Waals surface area contributed by atoms with Crippen LogP contribution >= 0.6 is 12.4 Å². The van der Waals surface area contributed by atoms with Crippen LogP contribution in [0, 0.1) is 18.2 Å². The van der Waals surface area contributed by atoms with Crippen LogP contribution in [0.5, 0.6) is 0 Å². The van der Waals surface area contributed by atoms with E-state index >= 15 is 0 Å². The van der Waals surface area contributed by atoms with E-state index in [1.165, 1.54) is 12.1 Å². The molecule has 0 heterocycles. The predicted molar refractivity (Wildman–Crippen MR) is 77.0 cm³/mol. The van der Waals surface area contributed by atoms with Crippen LogP contribution in [-0.2, 0) is 4.79 Å². The van der Waals surface area contributed by atoms with Crippen LogP contribution in [0.25, 0.3) is 0 Å². The summed E-state index contributed by atoms with van der Waals surface area (Å²) in [4.78, 5) is 12.3. The van der Waals surface area contributed by atoms with Crippen molar-refractivity contribution in [3.63, 3.8) is 0 Å². The monoisotopic (exact) mass is 286 g/mol. The number of aryl methyl sites for hydroxylation is 1. The Morgan fingerprint density at radius 3 is 2.58 bits per heavy atom. The second-order valence-corrected chi connectivity index (χ2v) is 5.10. The molecule has 0 saturated heterocycles. The van der Waals surface area contributed by atoms with Crippen molar-refractivity contribution in [1.82, 2.24) is 0 Å². The second kappa shape index (κ2) is 6.35. The SMILES string of the molecule is Cc1cc(F)ccc1NC(=O)C1(CN)CCCC1.Cl. The van der Waals surface area contributed by atoms with Crippen molar-refractivity contribution in [3.05, 3.63) is 29.6 Å². The highest BCUT2D eigenvalue weighted by Gasteiger charge is 2.39. The van der Waals surface area contributed by atoms with E-state index in [0.29, 0.717) is 12.2 Å². The molecule has 1 aliphatic rings. The largest absolute Gasteiger partial charge is 0.329 e. The van der Waals surface area contributed by atoms with Gasteiger partial charge in [0.25, 0.3) is 0 Å². The molecule has 2 rings (SSSR count). The topological polar surface area (TPSA) is 55.1 Å². The summed E-state index contributed by atoms with van der Waals surface area (Å²) in [5.41, 5.74) is 6.73. The molecule has 0 bridgehead atoms. The van der Waals surface area contributed by atoms with Gasteiger partial charge < -0.3 is 11.1 Å². The van der Waals surface area contributed by atoms with Crippen LogP contribution in [0.1, 0.15) is 31.2 Å². The lowest BCUT2D eigenvalue weighted by Gasteiger charge is -2.26. The molecule has 0 aromatic heterocycles. The summed E-state index contributed by atoms with van der Waals surface area (Å²) in [6, 6.07) is 4.37. The summed E-state index contributed by atoms with van der Waals surface area (Å²) in [6.45, 7) is 2.15. The van der Waals surface area contributed by atoms with E-state index in [2.05, 4.69) is 5.32 Å². The fourth-order valence-corrected chi connectivity index (χ4v) is 2.60. The minimum Gasteiger partial charge on any atom is -0.329 e. The molecule has 5 heteroatoms. The number of anilines is 1. The van der Waals surface area contributed by atoms with Gasteiger partial charge in [0.1, 0.15) is 5.82 Å². The highest BCUT2D eigenvalue weighted by molar-refractivity contribution is 5.96. The number of benzene rings is 1. The third kappa shape index (κ3) is 3.25. The van der Waals surface area contributed by atoms with Gasteiger partial charge in [-0.3, -0.25) is 4.79 Å². The third-order valence-corrected chi connectivity index (χ3v) is 3.87. The molecule has 3 nitrogen and oxygen atoms in total. The van der Waals surface area contributed by atoms with Gasteiger partial charge in [-0.05, 0) is 43.5 Å². The number of hydrogen-bond acceptors (Lipinski definition) is 2. The summed E-state index contributed by atoms with van der Waals surface area (Å²) >= 11 is 0. The van der Waals surface area contributed by atoms with Crippen LogP contribution < -0.4 is 11.1 Å². The van der Waals surface area contributed by atoms with E-state index in [9.17, 15) is 9.18 Å². The number of rotatable bonds is 3. The predicted octanol–water partition coefficient (Wildman–Crippen LogP) is 3.01. The Morgan fingerprint density at radius 1 is 1.42 bits per heavy atom. The highest BCUT2D eigenvalue weighted by atomic mass is 35.5.